The molecule has 4 rings (SSSR count). The summed E-state index contributed by atoms with van der Waals surface area (Å²) in [5.74, 6) is -0.726. The third kappa shape index (κ3) is 2.94. The Hall–Kier alpha value is -2.83. The van der Waals surface area contributed by atoms with Gasteiger partial charge in [-0.15, -0.1) is 0 Å². The van der Waals surface area contributed by atoms with Crippen LogP contribution in [0.25, 0.3) is 5.69 Å². The summed E-state index contributed by atoms with van der Waals surface area (Å²) >= 11 is 0. The Kier molecular flexibility index (Phi) is 4.14. The highest BCUT2D eigenvalue weighted by Gasteiger charge is 2.47. The average molecular weight is 355 g/mol. The molecule has 1 aliphatic heterocycles. The zero-order chi connectivity index (χ0) is 18.3. The normalized spacial score (nSPS) is 22.4. The summed E-state index contributed by atoms with van der Waals surface area (Å²) in [7, 11) is 1.50. The number of para-hydroxylation sites is 1. The lowest BCUT2D eigenvalue weighted by atomic mass is 9.92. The van der Waals surface area contributed by atoms with Crippen molar-refractivity contribution in [2.45, 2.75) is 12.8 Å². The second kappa shape index (κ2) is 6.48. The first-order chi connectivity index (χ1) is 12.6. The van der Waals surface area contributed by atoms with Crippen LogP contribution in [0.15, 0.2) is 36.5 Å². The van der Waals surface area contributed by atoms with E-state index in [9.17, 15) is 14.7 Å². The molecule has 1 aromatic carbocycles. The van der Waals surface area contributed by atoms with Crippen LogP contribution in [0.5, 0.6) is 5.75 Å². The van der Waals surface area contributed by atoms with Gasteiger partial charge in [0.15, 0.2) is 11.4 Å². The van der Waals surface area contributed by atoms with Gasteiger partial charge in [0.1, 0.15) is 0 Å². The van der Waals surface area contributed by atoms with Crippen molar-refractivity contribution in [3.05, 3.63) is 42.2 Å². The zero-order valence-electron chi connectivity index (χ0n) is 14.5. The van der Waals surface area contributed by atoms with Gasteiger partial charge >= 0.3 is 5.97 Å². The van der Waals surface area contributed by atoms with Gasteiger partial charge in [0.05, 0.1) is 24.9 Å². The Labute approximate surface area is 151 Å². The maximum Gasteiger partial charge on any atom is 0.308 e. The molecular formula is C19H21N3O4. The number of rotatable bonds is 5. The van der Waals surface area contributed by atoms with E-state index in [4.69, 9.17) is 4.74 Å². The number of benzene rings is 1. The van der Waals surface area contributed by atoms with Crippen LogP contribution >= 0.6 is 0 Å². The van der Waals surface area contributed by atoms with Crippen molar-refractivity contribution in [3.63, 3.8) is 0 Å². The fraction of sp³-hybridized carbons (Fsp3) is 0.421. The van der Waals surface area contributed by atoms with Gasteiger partial charge in [-0.05, 0) is 36.8 Å². The average Bonchev–Trinajstić information content (AvgIpc) is 3.25. The highest BCUT2D eigenvalue weighted by Crippen LogP contribution is 2.44. The molecule has 0 bridgehead atoms. The van der Waals surface area contributed by atoms with E-state index in [2.05, 4.69) is 5.10 Å². The number of hydrogen-bond acceptors (Lipinski definition) is 4. The lowest BCUT2D eigenvalue weighted by molar-refractivity contribution is -0.142. The molecule has 1 N–H and O–H groups in total. The van der Waals surface area contributed by atoms with E-state index >= 15 is 0 Å². The molecule has 2 aliphatic rings. The first-order valence-corrected chi connectivity index (χ1v) is 8.79. The molecule has 1 amide bonds. The van der Waals surface area contributed by atoms with E-state index < -0.39 is 11.9 Å². The fourth-order valence-corrected chi connectivity index (χ4v) is 3.78. The summed E-state index contributed by atoms with van der Waals surface area (Å²) in [6.45, 7) is 0.707. The zero-order valence-corrected chi connectivity index (χ0v) is 14.5. The fourth-order valence-electron chi connectivity index (χ4n) is 3.78. The third-order valence-electron chi connectivity index (χ3n) is 5.32. The van der Waals surface area contributed by atoms with Crippen molar-refractivity contribution in [1.29, 1.82) is 0 Å². The number of likely N-dealkylation sites (tertiary alicyclic amines) is 1. The van der Waals surface area contributed by atoms with Crippen molar-refractivity contribution in [2.24, 2.45) is 17.8 Å². The predicted octanol–water partition coefficient (Wildman–Crippen LogP) is 2.06. The number of nitrogens with zero attached hydrogens (tertiary/aromatic N) is 3. The Balaban J connectivity index is 1.60. The Morgan fingerprint density at radius 1 is 1.19 bits per heavy atom. The van der Waals surface area contributed by atoms with E-state index in [1.54, 1.807) is 15.8 Å². The van der Waals surface area contributed by atoms with Gasteiger partial charge in [-0.2, -0.15) is 5.10 Å². The standard InChI is InChI=1S/C19H21N3O4/c1-26-16-11-22(13-5-3-2-4-6-13)20-17(16)18(23)21-9-14(12-7-8-12)15(10-21)19(24)25/h2-6,11-12,14-15H,7-10H2,1H3,(H,24,25)/t14-,15+/m1/s1. The number of methoxy groups -OCH3 is 1. The Bertz CT molecular complexity index is 829. The minimum Gasteiger partial charge on any atom is -0.493 e. The molecular weight excluding hydrogens is 334 g/mol. The maximum absolute atomic E-state index is 13.0. The van der Waals surface area contributed by atoms with Crippen LogP contribution in [0.4, 0.5) is 0 Å². The smallest absolute Gasteiger partial charge is 0.308 e. The molecule has 2 fully saturated rings. The van der Waals surface area contributed by atoms with Gasteiger partial charge in [0.2, 0.25) is 0 Å². The molecule has 0 unspecified atom stereocenters. The second-order valence-electron chi connectivity index (χ2n) is 6.98. The number of aromatic nitrogens is 2. The number of ether oxygens (including phenoxy) is 1. The number of aliphatic carboxylic acids is 1. The van der Waals surface area contributed by atoms with Crippen molar-refractivity contribution in [2.75, 3.05) is 20.2 Å². The first kappa shape index (κ1) is 16.6. The third-order valence-corrected chi connectivity index (χ3v) is 5.32. The van der Waals surface area contributed by atoms with Crippen LogP contribution in [0, 0.1) is 17.8 Å². The number of carboxylic acid groups (broad SMARTS) is 1. The minimum atomic E-state index is -0.820. The van der Waals surface area contributed by atoms with Crippen LogP contribution < -0.4 is 4.74 Å². The molecule has 1 saturated carbocycles. The predicted molar refractivity (Wildman–Crippen MR) is 93.4 cm³/mol. The highest BCUT2D eigenvalue weighted by molar-refractivity contribution is 5.95. The highest BCUT2D eigenvalue weighted by atomic mass is 16.5. The van der Waals surface area contributed by atoms with Crippen LogP contribution in [0.1, 0.15) is 23.3 Å². The Morgan fingerprint density at radius 3 is 2.54 bits per heavy atom. The van der Waals surface area contributed by atoms with Crippen LogP contribution in [-0.2, 0) is 4.79 Å². The van der Waals surface area contributed by atoms with Crippen LogP contribution in [0.2, 0.25) is 0 Å². The topological polar surface area (TPSA) is 84.7 Å². The molecule has 7 heteroatoms. The van der Waals surface area contributed by atoms with Crippen molar-refractivity contribution in [3.8, 4) is 11.4 Å². The quantitative estimate of drug-likeness (QED) is 0.887. The van der Waals surface area contributed by atoms with E-state index in [-0.39, 0.29) is 24.1 Å². The molecule has 2 atom stereocenters. The van der Waals surface area contributed by atoms with Crippen molar-refractivity contribution < 1.29 is 19.4 Å². The van der Waals surface area contributed by atoms with E-state index in [0.717, 1.165) is 18.5 Å². The Morgan fingerprint density at radius 2 is 1.92 bits per heavy atom. The summed E-state index contributed by atoms with van der Waals surface area (Å²) < 4.78 is 6.95. The molecule has 0 spiro atoms. The first-order valence-electron chi connectivity index (χ1n) is 8.79. The van der Waals surface area contributed by atoms with Crippen LogP contribution in [0.3, 0.4) is 0 Å². The van der Waals surface area contributed by atoms with Crippen molar-refractivity contribution >= 4 is 11.9 Å². The number of hydrogen-bond donors (Lipinski definition) is 1. The summed E-state index contributed by atoms with van der Waals surface area (Å²) in [4.78, 5) is 26.2. The van der Waals surface area contributed by atoms with Gasteiger partial charge in [-0.1, -0.05) is 18.2 Å². The van der Waals surface area contributed by atoms with Gasteiger partial charge in [-0.3, -0.25) is 9.59 Å². The SMILES string of the molecule is COc1cn(-c2ccccc2)nc1C(=O)N1C[C@H](C(=O)O)[C@@H](C2CC2)C1. The van der Waals surface area contributed by atoms with Gasteiger partial charge in [-0.25, -0.2) is 4.68 Å². The second-order valence-corrected chi connectivity index (χ2v) is 6.98. The lowest BCUT2D eigenvalue weighted by Gasteiger charge is -2.15. The van der Waals surface area contributed by atoms with E-state index in [0.29, 0.717) is 18.2 Å². The number of amides is 1. The number of carboxylic acids is 1. The van der Waals surface area contributed by atoms with Gasteiger partial charge < -0.3 is 14.7 Å². The number of carbonyl (C=O) groups excluding carboxylic acids is 1. The summed E-state index contributed by atoms with van der Waals surface area (Å²) in [5.41, 5.74) is 1.04. The number of carbonyl (C=O) groups is 2. The molecule has 2 aromatic rings. The van der Waals surface area contributed by atoms with E-state index in [1.807, 2.05) is 30.3 Å². The molecule has 0 radical (unpaired) electrons. The van der Waals surface area contributed by atoms with Gasteiger partial charge in [0, 0.05) is 13.1 Å². The molecule has 2 heterocycles. The lowest BCUT2D eigenvalue weighted by Crippen LogP contribution is -2.30. The largest absolute Gasteiger partial charge is 0.493 e. The molecule has 1 saturated heterocycles. The van der Waals surface area contributed by atoms with Gasteiger partial charge in [0.25, 0.3) is 5.91 Å². The monoisotopic (exact) mass is 355 g/mol. The minimum absolute atomic E-state index is 0.0404. The molecule has 136 valence electrons. The summed E-state index contributed by atoms with van der Waals surface area (Å²) in [6, 6.07) is 9.47. The summed E-state index contributed by atoms with van der Waals surface area (Å²) in [5, 5.41) is 13.9. The maximum atomic E-state index is 13.0. The molecule has 7 nitrogen and oxygen atoms in total. The molecule has 1 aliphatic carbocycles. The van der Waals surface area contributed by atoms with Crippen molar-refractivity contribution in [1.82, 2.24) is 14.7 Å². The molecule has 26 heavy (non-hydrogen) atoms. The summed E-state index contributed by atoms with van der Waals surface area (Å²) in [6.07, 6.45) is 3.79. The van der Waals surface area contributed by atoms with E-state index in [1.165, 1.54) is 7.11 Å². The van der Waals surface area contributed by atoms with Crippen LogP contribution in [-0.4, -0.2) is 51.9 Å². The molecule has 1 aromatic heterocycles.